The zero-order chi connectivity index (χ0) is 11.8. The van der Waals surface area contributed by atoms with Crippen molar-refractivity contribution in [3.8, 4) is 0 Å². The fourth-order valence-electron chi connectivity index (χ4n) is 2.39. The Labute approximate surface area is 97.9 Å². The molecule has 1 aromatic rings. The minimum Gasteiger partial charge on any atom is -0.392 e. The van der Waals surface area contributed by atoms with E-state index in [0.717, 1.165) is 19.5 Å². The average molecular weight is 219 g/mol. The van der Waals surface area contributed by atoms with E-state index in [2.05, 4.69) is 49.9 Å². The van der Waals surface area contributed by atoms with Crippen molar-refractivity contribution in [1.29, 1.82) is 0 Å². The molecule has 0 bridgehead atoms. The predicted octanol–water partition coefficient (Wildman–Crippen LogP) is 2.30. The summed E-state index contributed by atoms with van der Waals surface area (Å²) in [6.07, 6.45) is 0.750. The normalized spacial score (nSPS) is 22.6. The molecule has 1 aliphatic heterocycles. The minimum absolute atomic E-state index is 0.0190. The maximum absolute atomic E-state index is 9.61. The first-order chi connectivity index (χ1) is 7.50. The van der Waals surface area contributed by atoms with Gasteiger partial charge in [-0.25, -0.2) is 0 Å². The number of hydrogen-bond donors (Lipinski definition) is 1. The third-order valence-corrected chi connectivity index (χ3v) is 3.71. The van der Waals surface area contributed by atoms with Crippen LogP contribution in [0.3, 0.4) is 0 Å². The molecular formula is C14H21NO. The highest BCUT2D eigenvalue weighted by Crippen LogP contribution is 2.31. The molecule has 0 aromatic heterocycles. The number of β-amino-alcohol motifs (C(OH)–C–C–N with tert-alkyl or cyclic N) is 1. The maximum Gasteiger partial charge on any atom is 0.0679 e. The van der Waals surface area contributed by atoms with Crippen LogP contribution in [-0.2, 0) is 5.54 Å². The molecule has 1 fully saturated rings. The summed E-state index contributed by atoms with van der Waals surface area (Å²) in [5.41, 5.74) is 2.64. The molecule has 1 heterocycles. The van der Waals surface area contributed by atoms with Gasteiger partial charge in [-0.1, -0.05) is 29.8 Å². The van der Waals surface area contributed by atoms with Crippen molar-refractivity contribution in [2.75, 3.05) is 13.1 Å². The lowest BCUT2D eigenvalue weighted by Gasteiger charge is -2.36. The lowest BCUT2D eigenvalue weighted by atomic mass is 9.92. The zero-order valence-corrected chi connectivity index (χ0v) is 10.4. The van der Waals surface area contributed by atoms with Crippen LogP contribution < -0.4 is 0 Å². The van der Waals surface area contributed by atoms with Gasteiger partial charge in [-0.2, -0.15) is 0 Å². The van der Waals surface area contributed by atoms with Gasteiger partial charge in [-0.15, -0.1) is 0 Å². The van der Waals surface area contributed by atoms with Gasteiger partial charge in [0.25, 0.3) is 0 Å². The van der Waals surface area contributed by atoms with E-state index in [1.807, 2.05) is 0 Å². The Hall–Kier alpha value is -0.860. The monoisotopic (exact) mass is 219 g/mol. The SMILES string of the molecule is Cc1ccc(C(C)(C)N2CCC(O)C2)cc1. The molecule has 0 amide bonds. The highest BCUT2D eigenvalue weighted by Gasteiger charge is 2.33. The lowest BCUT2D eigenvalue weighted by molar-refractivity contribution is 0.118. The second-order valence-corrected chi connectivity index (χ2v) is 5.31. The second-order valence-electron chi connectivity index (χ2n) is 5.31. The molecule has 2 nitrogen and oxygen atoms in total. The van der Waals surface area contributed by atoms with Crippen molar-refractivity contribution in [2.24, 2.45) is 0 Å². The van der Waals surface area contributed by atoms with Gasteiger partial charge in [0.1, 0.15) is 0 Å². The van der Waals surface area contributed by atoms with Crippen LogP contribution in [0.4, 0.5) is 0 Å². The summed E-state index contributed by atoms with van der Waals surface area (Å²) in [5, 5.41) is 9.61. The first kappa shape index (κ1) is 11.6. The first-order valence-electron chi connectivity index (χ1n) is 6.00. The minimum atomic E-state index is -0.148. The van der Waals surface area contributed by atoms with Crippen LogP contribution in [0.15, 0.2) is 24.3 Å². The molecule has 0 spiro atoms. The third-order valence-electron chi connectivity index (χ3n) is 3.71. The van der Waals surface area contributed by atoms with Crippen molar-refractivity contribution in [3.05, 3.63) is 35.4 Å². The summed E-state index contributed by atoms with van der Waals surface area (Å²) in [6, 6.07) is 8.70. The molecule has 0 aliphatic carbocycles. The Balaban J connectivity index is 2.21. The van der Waals surface area contributed by atoms with E-state index in [4.69, 9.17) is 0 Å². The number of aryl methyl sites for hydroxylation is 1. The van der Waals surface area contributed by atoms with Gasteiger partial charge in [-0.05, 0) is 32.8 Å². The molecule has 1 aliphatic rings. The Morgan fingerprint density at radius 2 is 1.88 bits per heavy atom. The summed E-state index contributed by atoms with van der Waals surface area (Å²) < 4.78 is 0. The van der Waals surface area contributed by atoms with Crippen LogP contribution in [0.5, 0.6) is 0 Å². The molecular weight excluding hydrogens is 198 g/mol. The Kier molecular flexibility index (Phi) is 3.04. The number of benzene rings is 1. The molecule has 2 rings (SSSR count). The fraction of sp³-hybridized carbons (Fsp3) is 0.571. The Morgan fingerprint density at radius 3 is 2.38 bits per heavy atom. The number of nitrogens with zero attached hydrogens (tertiary/aromatic N) is 1. The van der Waals surface area contributed by atoms with Crippen molar-refractivity contribution in [3.63, 3.8) is 0 Å². The van der Waals surface area contributed by atoms with Crippen molar-refractivity contribution >= 4 is 0 Å². The smallest absolute Gasteiger partial charge is 0.0679 e. The van der Waals surface area contributed by atoms with Crippen LogP contribution >= 0.6 is 0 Å². The number of likely N-dealkylation sites (tertiary alicyclic amines) is 1. The van der Waals surface area contributed by atoms with Gasteiger partial charge in [-0.3, -0.25) is 4.90 Å². The van der Waals surface area contributed by atoms with E-state index in [1.165, 1.54) is 11.1 Å². The average Bonchev–Trinajstić information content (AvgIpc) is 2.66. The number of rotatable bonds is 2. The van der Waals surface area contributed by atoms with Crippen LogP contribution in [0, 0.1) is 6.92 Å². The molecule has 1 aromatic carbocycles. The van der Waals surface area contributed by atoms with Gasteiger partial charge in [0.05, 0.1) is 6.10 Å². The van der Waals surface area contributed by atoms with E-state index in [9.17, 15) is 5.11 Å². The predicted molar refractivity (Wildman–Crippen MR) is 66.4 cm³/mol. The second kappa shape index (κ2) is 4.19. The lowest BCUT2D eigenvalue weighted by Crippen LogP contribution is -2.40. The first-order valence-corrected chi connectivity index (χ1v) is 6.00. The summed E-state index contributed by atoms with van der Waals surface area (Å²) in [5.74, 6) is 0. The van der Waals surface area contributed by atoms with E-state index in [0.29, 0.717) is 0 Å². The quantitative estimate of drug-likeness (QED) is 0.825. The third kappa shape index (κ3) is 2.13. The zero-order valence-electron chi connectivity index (χ0n) is 10.4. The van der Waals surface area contributed by atoms with Gasteiger partial charge < -0.3 is 5.11 Å². The number of aliphatic hydroxyl groups excluding tert-OH is 1. The van der Waals surface area contributed by atoms with Crippen molar-refractivity contribution in [1.82, 2.24) is 4.90 Å². The molecule has 16 heavy (non-hydrogen) atoms. The van der Waals surface area contributed by atoms with Crippen LogP contribution in [0.2, 0.25) is 0 Å². The molecule has 0 radical (unpaired) electrons. The topological polar surface area (TPSA) is 23.5 Å². The highest BCUT2D eigenvalue weighted by atomic mass is 16.3. The van der Waals surface area contributed by atoms with Crippen LogP contribution in [-0.4, -0.2) is 29.2 Å². The molecule has 1 saturated heterocycles. The molecule has 2 heteroatoms. The highest BCUT2D eigenvalue weighted by molar-refractivity contribution is 5.27. The van der Waals surface area contributed by atoms with Crippen molar-refractivity contribution < 1.29 is 5.11 Å². The van der Waals surface area contributed by atoms with E-state index in [1.54, 1.807) is 0 Å². The summed E-state index contributed by atoms with van der Waals surface area (Å²) in [6.45, 7) is 8.35. The molecule has 88 valence electrons. The van der Waals surface area contributed by atoms with Gasteiger partial charge in [0.15, 0.2) is 0 Å². The molecule has 1 N–H and O–H groups in total. The standard InChI is InChI=1S/C14H21NO/c1-11-4-6-12(7-5-11)14(2,3)15-9-8-13(16)10-15/h4-7,13,16H,8-10H2,1-3H3. The van der Waals surface area contributed by atoms with Crippen LogP contribution in [0.1, 0.15) is 31.4 Å². The van der Waals surface area contributed by atoms with E-state index < -0.39 is 0 Å². The summed E-state index contributed by atoms with van der Waals surface area (Å²) >= 11 is 0. The van der Waals surface area contributed by atoms with Crippen LogP contribution in [0.25, 0.3) is 0 Å². The fourth-order valence-corrected chi connectivity index (χ4v) is 2.39. The molecule has 0 saturated carbocycles. The molecule has 1 atom stereocenters. The summed E-state index contributed by atoms with van der Waals surface area (Å²) in [4.78, 5) is 2.36. The maximum atomic E-state index is 9.61. The van der Waals surface area contributed by atoms with Gasteiger partial charge in [0, 0.05) is 18.6 Å². The van der Waals surface area contributed by atoms with Gasteiger partial charge >= 0.3 is 0 Å². The van der Waals surface area contributed by atoms with Crippen molar-refractivity contribution in [2.45, 2.75) is 38.8 Å². The largest absolute Gasteiger partial charge is 0.392 e. The summed E-state index contributed by atoms with van der Waals surface area (Å²) in [7, 11) is 0. The molecule has 1 unspecified atom stereocenters. The Morgan fingerprint density at radius 1 is 1.25 bits per heavy atom. The van der Waals surface area contributed by atoms with E-state index >= 15 is 0 Å². The number of hydrogen-bond acceptors (Lipinski definition) is 2. The van der Waals surface area contributed by atoms with E-state index in [-0.39, 0.29) is 11.6 Å². The van der Waals surface area contributed by atoms with Gasteiger partial charge in [0.2, 0.25) is 0 Å². The Bertz CT molecular complexity index is 356. The number of aliphatic hydroxyl groups is 1.